The lowest BCUT2D eigenvalue weighted by atomic mass is 9.99. The molecule has 0 spiro atoms. The molecular formula is C17H25BF4N2. The number of H-pyrrole nitrogens is 1. The molecule has 0 aliphatic carbocycles. The number of unbranched alkanes of at least 4 members (excludes halogenated alkanes) is 2. The summed E-state index contributed by atoms with van der Waals surface area (Å²) in [5.41, 5.74) is 5.39. The fraction of sp³-hybridized carbons (Fsp3) is 0.471. The fourth-order valence-corrected chi connectivity index (χ4v) is 2.85. The maximum atomic E-state index is 9.75. The summed E-state index contributed by atoms with van der Waals surface area (Å²) in [6.07, 6.45) is 8.01. The molecule has 2 nitrogen and oxygen atoms in total. The fourth-order valence-electron chi connectivity index (χ4n) is 2.85. The Kier molecular flexibility index (Phi) is 7.51. The molecule has 0 unspecified atom stereocenters. The Hall–Kier alpha value is -1.79. The Morgan fingerprint density at radius 1 is 1.00 bits per heavy atom. The number of aromatic amines is 1. The van der Waals surface area contributed by atoms with E-state index in [-0.39, 0.29) is 0 Å². The molecule has 2 rings (SSSR count). The number of halogens is 4. The highest BCUT2D eigenvalue weighted by molar-refractivity contribution is 6.50. The van der Waals surface area contributed by atoms with E-state index in [0.717, 1.165) is 6.54 Å². The van der Waals surface area contributed by atoms with Gasteiger partial charge in [-0.05, 0) is 44.7 Å². The highest BCUT2D eigenvalue weighted by Gasteiger charge is 2.20. The third-order valence-corrected chi connectivity index (χ3v) is 3.68. The average Bonchev–Trinajstić information content (AvgIpc) is 2.84. The van der Waals surface area contributed by atoms with Gasteiger partial charge in [0.05, 0.1) is 12.1 Å². The molecular weight excluding hydrogens is 319 g/mol. The van der Waals surface area contributed by atoms with Crippen LogP contribution in [-0.4, -0.2) is 12.2 Å². The van der Waals surface area contributed by atoms with E-state index in [9.17, 15) is 17.3 Å². The smallest absolute Gasteiger partial charge is 0.418 e. The van der Waals surface area contributed by atoms with Gasteiger partial charge in [-0.25, -0.2) is 9.55 Å². The van der Waals surface area contributed by atoms with Crippen molar-refractivity contribution in [1.82, 2.24) is 4.98 Å². The van der Waals surface area contributed by atoms with E-state index >= 15 is 0 Å². The van der Waals surface area contributed by atoms with E-state index < -0.39 is 7.25 Å². The van der Waals surface area contributed by atoms with Crippen molar-refractivity contribution in [1.29, 1.82) is 0 Å². The number of nitrogens with one attached hydrogen (secondary N) is 1. The van der Waals surface area contributed by atoms with Crippen LogP contribution in [0.2, 0.25) is 0 Å². The quantitative estimate of drug-likeness (QED) is 0.325. The standard InChI is InChI=1S/C17H24N2.BF4/c1-5-6-7-9-19-10-8-18-17(19)16-14(3)11-13(2)12-15(16)4;2-1(3,4)5/h8,10-12H,5-7,9H2,1-4H3;/q;-1/p+1. The van der Waals surface area contributed by atoms with Crippen LogP contribution < -0.4 is 4.57 Å². The van der Waals surface area contributed by atoms with Crippen LogP contribution in [0.5, 0.6) is 0 Å². The van der Waals surface area contributed by atoms with Gasteiger partial charge in [-0.1, -0.05) is 31.0 Å². The van der Waals surface area contributed by atoms with Crippen molar-refractivity contribution < 1.29 is 21.8 Å². The number of hydrogen-bond acceptors (Lipinski definition) is 0. The SMILES string of the molecule is CCCCC[n+]1cc[nH]c1-c1c(C)cc(C)cc1C.F[B-](F)(F)F. The number of hydrogen-bond donors (Lipinski definition) is 1. The molecule has 0 fully saturated rings. The van der Waals surface area contributed by atoms with Crippen LogP contribution in [0.3, 0.4) is 0 Å². The van der Waals surface area contributed by atoms with Gasteiger partial charge in [0.25, 0.3) is 5.82 Å². The van der Waals surface area contributed by atoms with Crippen molar-refractivity contribution in [3.63, 3.8) is 0 Å². The van der Waals surface area contributed by atoms with Gasteiger partial charge in [0, 0.05) is 0 Å². The van der Waals surface area contributed by atoms with Gasteiger partial charge in [0.1, 0.15) is 12.4 Å². The molecule has 0 bridgehead atoms. The molecule has 0 saturated heterocycles. The highest BCUT2D eigenvalue weighted by atomic mass is 19.5. The Bertz CT molecular complexity index is 621. The summed E-state index contributed by atoms with van der Waals surface area (Å²) >= 11 is 0. The van der Waals surface area contributed by atoms with Crippen molar-refractivity contribution >= 4 is 7.25 Å². The van der Waals surface area contributed by atoms with E-state index in [1.54, 1.807) is 0 Å². The number of nitrogens with zero attached hydrogens (tertiary/aromatic N) is 1. The minimum atomic E-state index is -6.00. The Labute approximate surface area is 141 Å². The van der Waals surface area contributed by atoms with Crippen molar-refractivity contribution in [3.8, 4) is 11.4 Å². The average molecular weight is 344 g/mol. The van der Waals surface area contributed by atoms with Gasteiger partial charge < -0.3 is 17.3 Å². The maximum Gasteiger partial charge on any atom is 0.673 e. The van der Waals surface area contributed by atoms with Crippen LogP contribution >= 0.6 is 0 Å². The van der Waals surface area contributed by atoms with Gasteiger partial charge in [-0.2, -0.15) is 0 Å². The number of benzene rings is 1. The lowest BCUT2D eigenvalue weighted by Crippen LogP contribution is -2.34. The van der Waals surface area contributed by atoms with Gasteiger partial charge in [-0.3, -0.25) is 0 Å². The molecule has 0 atom stereocenters. The predicted octanol–water partition coefficient (Wildman–Crippen LogP) is 5.38. The number of aryl methyl sites for hydroxylation is 4. The van der Waals surface area contributed by atoms with Crippen LogP contribution in [0.1, 0.15) is 42.9 Å². The van der Waals surface area contributed by atoms with E-state index in [1.165, 1.54) is 47.3 Å². The van der Waals surface area contributed by atoms with Crippen molar-refractivity contribution in [2.24, 2.45) is 0 Å². The van der Waals surface area contributed by atoms with Crippen molar-refractivity contribution in [2.75, 3.05) is 0 Å². The molecule has 0 amide bonds. The zero-order valence-electron chi connectivity index (χ0n) is 14.7. The summed E-state index contributed by atoms with van der Waals surface area (Å²) in [5, 5.41) is 0. The van der Waals surface area contributed by atoms with E-state index in [0.29, 0.717) is 0 Å². The highest BCUT2D eigenvalue weighted by Crippen LogP contribution is 2.24. The Morgan fingerprint density at radius 3 is 2.04 bits per heavy atom. The van der Waals surface area contributed by atoms with Crippen LogP contribution in [-0.2, 0) is 6.54 Å². The molecule has 1 heterocycles. The molecule has 0 saturated carbocycles. The van der Waals surface area contributed by atoms with Gasteiger partial charge in [0.2, 0.25) is 0 Å². The lowest BCUT2D eigenvalue weighted by molar-refractivity contribution is -0.685. The second-order valence-corrected chi connectivity index (χ2v) is 5.98. The molecule has 1 aromatic heterocycles. The Morgan fingerprint density at radius 2 is 1.54 bits per heavy atom. The minimum absolute atomic E-state index is 1.10. The second kappa shape index (κ2) is 8.90. The van der Waals surface area contributed by atoms with Gasteiger partial charge in [-0.15, -0.1) is 0 Å². The molecule has 2 aromatic rings. The maximum absolute atomic E-state index is 9.75. The van der Waals surface area contributed by atoms with Crippen LogP contribution in [0.4, 0.5) is 17.3 Å². The zero-order valence-corrected chi connectivity index (χ0v) is 14.7. The minimum Gasteiger partial charge on any atom is -0.418 e. The molecule has 7 heteroatoms. The van der Waals surface area contributed by atoms with Crippen LogP contribution in [0, 0.1) is 20.8 Å². The summed E-state index contributed by atoms with van der Waals surface area (Å²) in [4.78, 5) is 3.41. The number of rotatable bonds is 5. The molecule has 0 aliphatic rings. The first kappa shape index (κ1) is 20.3. The number of aromatic nitrogens is 2. The molecule has 134 valence electrons. The summed E-state index contributed by atoms with van der Waals surface area (Å²) in [5.74, 6) is 1.24. The topological polar surface area (TPSA) is 19.7 Å². The van der Waals surface area contributed by atoms with Crippen LogP contribution in [0.25, 0.3) is 11.4 Å². The van der Waals surface area contributed by atoms with E-state index in [1.807, 2.05) is 6.20 Å². The number of imidazole rings is 1. The van der Waals surface area contributed by atoms with E-state index in [4.69, 9.17) is 0 Å². The van der Waals surface area contributed by atoms with Crippen molar-refractivity contribution in [3.05, 3.63) is 41.2 Å². The van der Waals surface area contributed by atoms with Crippen molar-refractivity contribution in [2.45, 2.75) is 53.5 Å². The molecule has 1 aromatic carbocycles. The largest absolute Gasteiger partial charge is 0.673 e. The van der Waals surface area contributed by atoms with Gasteiger partial charge >= 0.3 is 7.25 Å². The third kappa shape index (κ3) is 6.77. The third-order valence-electron chi connectivity index (χ3n) is 3.68. The molecule has 1 N–H and O–H groups in total. The van der Waals surface area contributed by atoms with Crippen LogP contribution in [0.15, 0.2) is 24.5 Å². The molecule has 0 aliphatic heterocycles. The zero-order chi connectivity index (χ0) is 18.3. The summed E-state index contributed by atoms with van der Waals surface area (Å²) in [7, 11) is -6.00. The monoisotopic (exact) mass is 344 g/mol. The predicted molar refractivity (Wildman–Crippen MR) is 90.3 cm³/mol. The van der Waals surface area contributed by atoms with E-state index in [2.05, 4.69) is 55.6 Å². The van der Waals surface area contributed by atoms with Gasteiger partial charge in [0.15, 0.2) is 0 Å². The Balaban J connectivity index is 0.000000505. The molecule has 24 heavy (non-hydrogen) atoms. The first-order valence-electron chi connectivity index (χ1n) is 8.15. The molecule has 0 radical (unpaired) electrons. The summed E-state index contributed by atoms with van der Waals surface area (Å²) in [6, 6.07) is 4.53. The second-order valence-electron chi connectivity index (χ2n) is 5.98. The summed E-state index contributed by atoms with van der Waals surface area (Å²) in [6.45, 7) is 9.91. The first-order chi connectivity index (χ1) is 11.1. The first-order valence-corrected chi connectivity index (χ1v) is 8.15. The summed E-state index contributed by atoms with van der Waals surface area (Å²) < 4.78 is 41.3. The lowest BCUT2D eigenvalue weighted by Gasteiger charge is -2.08. The normalized spacial score (nSPS) is 11.2.